The summed E-state index contributed by atoms with van der Waals surface area (Å²) in [6, 6.07) is 0. The van der Waals surface area contributed by atoms with E-state index >= 15 is 0 Å². The molecule has 68 valence electrons. The van der Waals surface area contributed by atoms with E-state index in [1.165, 1.54) is 0 Å². The zero-order valence-electron chi connectivity index (χ0n) is 6.91. The van der Waals surface area contributed by atoms with E-state index in [9.17, 15) is 4.79 Å². The molecule has 0 fully saturated rings. The molecule has 0 atom stereocenters. The topological polar surface area (TPSA) is 75.0 Å². The third-order valence-corrected chi connectivity index (χ3v) is 2.07. The number of nitrogens with one attached hydrogen (secondary N) is 1. The molecular formula is C6H12N4OS. The highest BCUT2D eigenvalue weighted by Gasteiger charge is 2.06. The Hall–Kier alpha value is -0.880. The number of H-pyrrole nitrogens is 1. The van der Waals surface area contributed by atoms with Crippen molar-refractivity contribution in [2.75, 3.05) is 25.0 Å². The first-order chi connectivity index (χ1) is 5.75. The quantitative estimate of drug-likeness (QED) is 0.675. The van der Waals surface area contributed by atoms with Gasteiger partial charge in [0.05, 0.1) is 0 Å². The molecule has 0 aliphatic rings. The van der Waals surface area contributed by atoms with Gasteiger partial charge in [-0.05, 0) is 13.0 Å². The van der Waals surface area contributed by atoms with Crippen molar-refractivity contribution < 1.29 is 0 Å². The van der Waals surface area contributed by atoms with Gasteiger partial charge in [-0.2, -0.15) is 4.37 Å². The largest absolute Gasteiger partial charge is 0.354 e. The Labute approximate surface area is 74.5 Å². The van der Waals surface area contributed by atoms with Crippen LogP contribution in [0.25, 0.3) is 0 Å². The lowest BCUT2D eigenvalue weighted by atomic mass is 10.4. The molecule has 0 spiro atoms. The van der Waals surface area contributed by atoms with Crippen molar-refractivity contribution in [3.8, 4) is 0 Å². The van der Waals surface area contributed by atoms with Gasteiger partial charge < -0.3 is 10.6 Å². The van der Waals surface area contributed by atoms with Gasteiger partial charge in [-0.15, -0.1) is 0 Å². The number of aromatic amines is 1. The molecule has 5 nitrogen and oxygen atoms in total. The summed E-state index contributed by atoms with van der Waals surface area (Å²) in [5.41, 5.74) is 5.21. The first-order valence-electron chi connectivity index (χ1n) is 3.71. The minimum Gasteiger partial charge on any atom is -0.354 e. The predicted octanol–water partition coefficient (Wildman–Crippen LogP) is -0.384. The van der Waals surface area contributed by atoms with E-state index < -0.39 is 0 Å². The molecule has 1 heterocycles. The predicted molar refractivity (Wildman–Crippen MR) is 49.7 cm³/mol. The molecule has 1 rings (SSSR count). The van der Waals surface area contributed by atoms with Crippen LogP contribution in [0.5, 0.6) is 0 Å². The molecule has 3 N–H and O–H groups in total. The molecule has 0 bridgehead atoms. The normalized spacial score (nSPS) is 10.2. The van der Waals surface area contributed by atoms with Crippen molar-refractivity contribution in [2.45, 2.75) is 6.42 Å². The zero-order chi connectivity index (χ0) is 8.97. The van der Waals surface area contributed by atoms with Crippen molar-refractivity contribution in [1.29, 1.82) is 0 Å². The highest BCUT2D eigenvalue weighted by atomic mass is 32.1. The van der Waals surface area contributed by atoms with Crippen LogP contribution >= 0.6 is 11.7 Å². The van der Waals surface area contributed by atoms with Crippen LogP contribution < -0.4 is 16.2 Å². The SMILES string of the molecule is CN(CCCN)c1ns[nH]c1=O. The molecule has 0 saturated carbocycles. The summed E-state index contributed by atoms with van der Waals surface area (Å²) in [6.07, 6.45) is 0.869. The van der Waals surface area contributed by atoms with Crippen LogP contribution in [0.2, 0.25) is 0 Å². The third-order valence-electron chi connectivity index (χ3n) is 1.53. The van der Waals surface area contributed by atoms with Crippen LogP contribution in [0.1, 0.15) is 6.42 Å². The summed E-state index contributed by atoms with van der Waals surface area (Å²) >= 11 is 1.07. The lowest BCUT2D eigenvalue weighted by Crippen LogP contribution is -2.25. The van der Waals surface area contributed by atoms with Gasteiger partial charge in [0.1, 0.15) is 0 Å². The standard InChI is InChI=1S/C6H12N4OS/c1-10(4-2-3-7)5-6(11)9-12-8-5/h2-4,7H2,1H3,(H,9,11). The van der Waals surface area contributed by atoms with Gasteiger partial charge >= 0.3 is 5.56 Å². The molecule has 0 saturated heterocycles. The summed E-state index contributed by atoms with van der Waals surface area (Å²) in [7, 11) is 1.83. The Kier molecular flexibility index (Phi) is 3.24. The molecule has 0 radical (unpaired) electrons. The average molecular weight is 188 g/mol. The van der Waals surface area contributed by atoms with Crippen LogP contribution in [-0.2, 0) is 0 Å². The number of hydrogen-bond acceptors (Lipinski definition) is 5. The van der Waals surface area contributed by atoms with Crippen molar-refractivity contribution in [1.82, 2.24) is 8.75 Å². The molecular weight excluding hydrogens is 176 g/mol. The van der Waals surface area contributed by atoms with E-state index in [2.05, 4.69) is 8.75 Å². The van der Waals surface area contributed by atoms with E-state index in [1.807, 2.05) is 11.9 Å². The molecule has 0 aromatic carbocycles. The first-order valence-corrected chi connectivity index (χ1v) is 4.48. The van der Waals surface area contributed by atoms with E-state index in [0.29, 0.717) is 12.4 Å². The molecule has 1 aromatic rings. The molecule has 0 aliphatic heterocycles. The van der Waals surface area contributed by atoms with Crippen molar-refractivity contribution in [3.63, 3.8) is 0 Å². The Bertz CT molecular complexity index is 281. The van der Waals surface area contributed by atoms with E-state index in [4.69, 9.17) is 5.73 Å². The molecule has 12 heavy (non-hydrogen) atoms. The second kappa shape index (κ2) is 4.22. The van der Waals surface area contributed by atoms with Gasteiger partial charge in [-0.3, -0.25) is 9.17 Å². The van der Waals surface area contributed by atoms with Crippen molar-refractivity contribution >= 4 is 17.5 Å². The van der Waals surface area contributed by atoms with Crippen LogP contribution in [0.3, 0.4) is 0 Å². The maximum atomic E-state index is 11.0. The third kappa shape index (κ3) is 2.05. The van der Waals surface area contributed by atoms with Crippen LogP contribution in [-0.4, -0.2) is 28.9 Å². The lowest BCUT2D eigenvalue weighted by Gasteiger charge is -2.13. The number of nitrogens with zero attached hydrogens (tertiary/aromatic N) is 2. The van der Waals surface area contributed by atoms with E-state index in [-0.39, 0.29) is 5.56 Å². The molecule has 1 aromatic heterocycles. The van der Waals surface area contributed by atoms with E-state index in [1.54, 1.807) is 0 Å². The number of hydrogen-bond donors (Lipinski definition) is 2. The van der Waals surface area contributed by atoms with E-state index in [0.717, 1.165) is 24.7 Å². The first kappa shape index (κ1) is 9.21. The van der Waals surface area contributed by atoms with Crippen LogP contribution in [0.15, 0.2) is 4.79 Å². The lowest BCUT2D eigenvalue weighted by molar-refractivity contribution is 0.787. The Morgan fingerprint density at radius 1 is 1.75 bits per heavy atom. The fourth-order valence-electron chi connectivity index (χ4n) is 0.872. The summed E-state index contributed by atoms with van der Waals surface area (Å²) in [5, 5.41) is 0. The minimum absolute atomic E-state index is 0.125. The molecule has 0 aliphatic carbocycles. The van der Waals surface area contributed by atoms with Gasteiger partial charge in [-0.25, -0.2) is 0 Å². The van der Waals surface area contributed by atoms with Gasteiger partial charge in [0, 0.05) is 25.3 Å². The highest BCUT2D eigenvalue weighted by molar-refractivity contribution is 6.99. The Morgan fingerprint density at radius 3 is 3.00 bits per heavy atom. The van der Waals surface area contributed by atoms with Gasteiger partial charge in [0.25, 0.3) is 0 Å². The second-order valence-electron chi connectivity index (χ2n) is 2.50. The summed E-state index contributed by atoms with van der Waals surface area (Å²) in [4.78, 5) is 12.9. The second-order valence-corrected chi connectivity index (χ2v) is 3.07. The number of anilines is 1. The van der Waals surface area contributed by atoms with Gasteiger partial charge in [0.15, 0.2) is 0 Å². The summed E-state index contributed by atoms with van der Waals surface area (Å²) < 4.78 is 6.46. The van der Waals surface area contributed by atoms with Gasteiger partial charge in [0.2, 0.25) is 5.82 Å². The van der Waals surface area contributed by atoms with Gasteiger partial charge in [-0.1, -0.05) is 0 Å². The Morgan fingerprint density at radius 2 is 2.50 bits per heavy atom. The zero-order valence-corrected chi connectivity index (χ0v) is 7.73. The smallest absolute Gasteiger partial charge is 0.302 e. The average Bonchev–Trinajstić information content (AvgIpc) is 2.47. The summed E-state index contributed by atoms with van der Waals surface area (Å²) in [6.45, 7) is 1.40. The number of rotatable bonds is 4. The van der Waals surface area contributed by atoms with Crippen LogP contribution in [0.4, 0.5) is 5.82 Å². The maximum Gasteiger partial charge on any atom is 0.302 e. The number of nitrogens with two attached hydrogens (primary N) is 1. The fraction of sp³-hybridized carbons (Fsp3) is 0.667. The molecule has 6 heteroatoms. The van der Waals surface area contributed by atoms with Crippen molar-refractivity contribution in [3.05, 3.63) is 10.4 Å². The maximum absolute atomic E-state index is 11.0. The summed E-state index contributed by atoms with van der Waals surface area (Å²) in [5.74, 6) is 0.480. The van der Waals surface area contributed by atoms with Crippen LogP contribution in [0, 0.1) is 0 Å². The fourth-order valence-corrected chi connectivity index (χ4v) is 1.40. The highest BCUT2D eigenvalue weighted by Crippen LogP contribution is 2.01. The monoisotopic (exact) mass is 188 g/mol. The van der Waals surface area contributed by atoms with Crippen molar-refractivity contribution in [2.24, 2.45) is 5.73 Å². The molecule has 0 unspecified atom stereocenters. The molecule has 0 amide bonds. The number of aromatic nitrogens is 2. The Balaban J connectivity index is 2.59. The minimum atomic E-state index is -0.125.